The lowest BCUT2D eigenvalue weighted by Gasteiger charge is -2.21. The van der Waals surface area contributed by atoms with Crippen molar-refractivity contribution < 1.29 is 0 Å². The molecule has 0 radical (unpaired) electrons. The number of hydrogen-bond acceptors (Lipinski definition) is 3. The van der Waals surface area contributed by atoms with Crippen molar-refractivity contribution in [2.45, 2.75) is 25.8 Å². The Morgan fingerprint density at radius 3 is 2.80 bits per heavy atom. The molecule has 2 rings (SSSR count). The SMILES string of the molecule is CN=C(NCCCCn1ccccc1=O)N(C)CCc1cccs1.I. The standard InChI is InChI=1S/C18H26N4OS.HI/c1-19-18(21(2)14-10-16-8-7-15-24-16)20-11-4-6-13-22-12-5-3-9-17(22)23;/h3,5,7-9,12,15H,4,6,10-11,13-14H2,1-2H3,(H,19,20);1H. The number of pyridine rings is 1. The highest BCUT2D eigenvalue weighted by Crippen LogP contribution is 2.09. The fourth-order valence-corrected chi connectivity index (χ4v) is 3.17. The van der Waals surface area contributed by atoms with Gasteiger partial charge >= 0.3 is 0 Å². The van der Waals surface area contributed by atoms with Crippen molar-refractivity contribution in [1.82, 2.24) is 14.8 Å². The average molecular weight is 474 g/mol. The molecule has 0 bridgehead atoms. The molecule has 0 aliphatic rings. The highest BCUT2D eigenvalue weighted by molar-refractivity contribution is 14.0. The van der Waals surface area contributed by atoms with Crippen LogP contribution < -0.4 is 10.9 Å². The lowest BCUT2D eigenvalue weighted by molar-refractivity contribution is 0.482. The molecule has 0 aliphatic heterocycles. The second-order valence-corrected chi connectivity index (χ2v) is 6.70. The van der Waals surface area contributed by atoms with E-state index in [4.69, 9.17) is 0 Å². The molecule has 0 atom stereocenters. The first-order valence-electron chi connectivity index (χ1n) is 8.30. The van der Waals surface area contributed by atoms with Gasteiger partial charge in [-0.15, -0.1) is 35.3 Å². The zero-order valence-corrected chi connectivity index (χ0v) is 18.0. The van der Waals surface area contributed by atoms with Gasteiger partial charge in [0.25, 0.3) is 0 Å². The van der Waals surface area contributed by atoms with Crippen LogP contribution in [0.4, 0.5) is 0 Å². The molecular formula is C18H27IN4OS. The fourth-order valence-electron chi connectivity index (χ4n) is 2.48. The van der Waals surface area contributed by atoms with Gasteiger partial charge in [-0.3, -0.25) is 9.79 Å². The molecule has 1 N–H and O–H groups in total. The molecule has 0 saturated carbocycles. The number of halogens is 1. The van der Waals surface area contributed by atoms with Crippen LogP contribution >= 0.6 is 35.3 Å². The van der Waals surface area contributed by atoms with Gasteiger partial charge in [0.2, 0.25) is 5.56 Å². The number of aryl methyl sites for hydroxylation is 1. The summed E-state index contributed by atoms with van der Waals surface area (Å²) < 4.78 is 1.75. The normalized spacial score (nSPS) is 11.0. The Balaban J connectivity index is 0.00000312. The van der Waals surface area contributed by atoms with E-state index in [0.717, 1.165) is 44.9 Å². The Hall–Kier alpha value is -1.35. The van der Waals surface area contributed by atoms with Crippen molar-refractivity contribution in [3.05, 3.63) is 57.1 Å². The first-order chi connectivity index (χ1) is 11.7. The van der Waals surface area contributed by atoms with Crippen LogP contribution in [0.1, 0.15) is 17.7 Å². The van der Waals surface area contributed by atoms with Crippen LogP contribution in [0, 0.1) is 0 Å². The lowest BCUT2D eigenvalue weighted by atomic mass is 10.3. The summed E-state index contributed by atoms with van der Waals surface area (Å²) >= 11 is 1.79. The summed E-state index contributed by atoms with van der Waals surface area (Å²) in [6, 6.07) is 9.52. The van der Waals surface area contributed by atoms with Crippen LogP contribution in [0.3, 0.4) is 0 Å². The summed E-state index contributed by atoms with van der Waals surface area (Å²) in [6.07, 6.45) is 4.84. The van der Waals surface area contributed by atoms with Gasteiger partial charge in [-0.05, 0) is 36.8 Å². The van der Waals surface area contributed by atoms with E-state index in [-0.39, 0.29) is 29.5 Å². The third-order valence-corrected chi connectivity index (χ3v) is 4.79. The van der Waals surface area contributed by atoms with E-state index < -0.39 is 0 Å². The predicted octanol–water partition coefficient (Wildman–Crippen LogP) is 3.06. The Bertz CT molecular complexity index is 684. The van der Waals surface area contributed by atoms with Crippen LogP contribution in [0.25, 0.3) is 0 Å². The van der Waals surface area contributed by atoms with Crippen LogP contribution in [-0.2, 0) is 13.0 Å². The number of nitrogens with one attached hydrogen (secondary N) is 1. The van der Waals surface area contributed by atoms with E-state index >= 15 is 0 Å². The predicted molar refractivity (Wildman–Crippen MR) is 117 cm³/mol. The number of aromatic nitrogens is 1. The van der Waals surface area contributed by atoms with Crippen LogP contribution in [0.5, 0.6) is 0 Å². The molecule has 0 unspecified atom stereocenters. The topological polar surface area (TPSA) is 49.6 Å². The Kier molecular flexibility index (Phi) is 10.5. The summed E-state index contributed by atoms with van der Waals surface area (Å²) in [6.45, 7) is 2.56. The van der Waals surface area contributed by atoms with Gasteiger partial charge < -0.3 is 14.8 Å². The molecule has 2 aromatic rings. The maximum absolute atomic E-state index is 11.6. The van der Waals surface area contributed by atoms with Crippen LogP contribution in [-0.4, -0.2) is 42.6 Å². The van der Waals surface area contributed by atoms with Gasteiger partial charge in [0.1, 0.15) is 0 Å². The largest absolute Gasteiger partial charge is 0.356 e. The maximum Gasteiger partial charge on any atom is 0.250 e. The molecule has 25 heavy (non-hydrogen) atoms. The summed E-state index contributed by atoms with van der Waals surface area (Å²) in [5, 5.41) is 5.50. The van der Waals surface area contributed by atoms with Gasteiger partial charge in [-0.25, -0.2) is 0 Å². The van der Waals surface area contributed by atoms with Gasteiger partial charge in [0.05, 0.1) is 0 Å². The van der Waals surface area contributed by atoms with E-state index in [9.17, 15) is 4.79 Å². The van der Waals surface area contributed by atoms with Gasteiger partial charge in [0.15, 0.2) is 5.96 Å². The molecule has 7 heteroatoms. The third kappa shape index (κ3) is 7.60. The molecule has 0 amide bonds. The molecule has 0 saturated heterocycles. The summed E-state index contributed by atoms with van der Waals surface area (Å²) in [4.78, 5) is 19.5. The first-order valence-corrected chi connectivity index (χ1v) is 9.18. The average Bonchev–Trinajstić information content (AvgIpc) is 3.11. The quantitative estimate of drug-likeness (QED) is 0.277. The first kappa shape index (κ1) is 21.7. The molecule has 0 aromatic carbocycles. The number of unbranched alkanes of at least 4 members (excludes halogenated alkanes) is 1. The number of nitrogens with zero attached hydrogens (tertiary/aromatic N) is 3. The monoisotopic (exact) mass is 474 g/mol. The second-order valence-electron chi connectivity index (χ2n) is 5.66. The van der Waals surface area contributed by atoms with E-state index in [1.165, 1.54) is 4.88 Å². The molecule has 0 fully saturated rings. The summed E-state index contributed by atoms with van der Waals surface area (Å²) in [5.41, 5.74) is 0.0644. The number of thiophene rings is 1. The fraction of sp³-hybridized carbons (Fsp3) is 0.444. The van der Waals surface area contributed by atoms with Crippen molar-refractivity contribution >= 4 is 41.3 Å². The Morgan fingerprint density at radius 2 is 2.12 bits per heavy atom. The molecule has 2 aromatic heterocycles. The number of hydrogen-bond donors (Lipinski definition) is 1. The lowest BCUT2D eigenvalue weighted by Crippen LogP contribution is -2.40. The summed E-state index contributed by atoms with van der Waals surface area (Å²) in [7, 11) is 3.87. The molecule has 138 valence electrons. The molecule has 0 aliphatic carbocycles. The molecular weight excluding hydrogens is 447 g/mol. The van der Waals surface area contributed by atoms with Crippen molar-refractivity contribution in [3.63, 3.8) is 0 Å². The smallest absolute Gasteiger partial charge is 0.250 e. The minimum atomic E-state index is 0. The van der Waals surface area contributed by atoms with Crippen LogP contribution in [0.15, 0.2) is 51.7 Å². The zero-order chi connectivity index (χ0) is 17.2. The number of guanidine groups is 1. The number of rotatable bonds is 8. The zero-order valence-electron chi connectivity index (χ0n) is 14.9. The number of likely N-dealkylation sites (N-methyl/N-ethyl adjacent to an activating group) is 1. The van der Waals surface area contributed by atoms with E-state index in [2.05, 4.69) is 39.8 Å². The molecule has 0 spiro atoms. The molecule has 5 nitrogen and oxygen atoms in total. The highest BCUT2D eigenvalue weighted by Gasteiger charge is 2.05. The highest BCUT2D eigenvalue weighted by atomic mass is 127. The minimum Gasteiger partial charge on any atom is -0.356 e. The Morgan fingerprint density at radius 1 is 1.28 bits per heavy atom. The summed E-state index contributed by atoms with van der Waals surface area (Å²) in [5.74, 6) is 0.920. The van der Waals surface area contributed by atoms with Crippen molar-refractivity contribution in [2.75, 3.05) is 27.2 Å². The number of aliphatic imine (C=N–C) groups is 1. The van der Waals surface area contributed by atoms with Crippen molar-refractivity contribution in [3.8, 4) is 0 Å². The third-order valence-electron chi connectivity index (χ3n) is 3.85. The van der Waals surface area contributed by atoms with Gasteiger partial charge in [0, 0.05) is 50.9 Å². The van der Waals surface area contributed by atoms with E-state index in [1.54, 1.807) is 28.0 Å². The second kappa shape index (κ2) is 12.1. The van der Waals surface area contributed by atoms with Gasteiger partial charge in [-0.2, -0.15) is 0 Å². The maximum atomic E-state index is 11.6. The van der Waals surface area contributed by atoms with E-state index in [0.29, 0.717) is 0 Å². The van der Waals surface area contributed by atoms with Crippen LogP contribution in [0.2, 0.25) is 0 Å². The van der Waals surface area contributed by atoms with Gasteiger partial charge in [-0.1, -0.05) is 12.1 Å². The minimum absolute atomic E-state index is 0. The Labute approximate surface area is 170 Å². The molecule has 2 heterocycles. The van der Waals surface area contributed by atoms with Crippen molar-refractivity contribution in [2.24, 2.45) is 4.99 Å². The van der Waals surface area contributed by atoms with E-state index in [1.807, 2.05) is 19.3 Å². The van der Waals surface area contributed by atoms with Crippen molar-refractivity contribution in [1.29, 1.82) is 0 Å².